The summed E-state index contributed by atoms with van der Waals surface area (Å²) in [5, 5.41) is 2.92. The monoisotopic (exact) mass is 250 g/mol. The number of benzene rings is 1. The number of halogens is 2. The summed E-state index contributed by atoms with van der Waals surface area (Å²) in [7, 11) is 0. The van der Waals surface area contributed by atoms with Crippen molar-refractivity contribution in [1.82, 2.24) is 9.97 Å². The summed E-state index contributed by atoms with van der Waals surface area (Å²) >= 11 is 0. The van der Waals surface area contributed by atoms with Crippen LogP contribution in [0.2, 0.25) is 0 Å². The van der Waals surface area contributed by atoms with Gasteiger partial charge < -0.3 is 11.1 Å². The first-order chi connectivity index (χ1) is 8.70. The molecular weight excluding hydrogens is 238 g/mol. The van der Waals surface area contributed by atoms with Gasteiger partial charge in [-0.3, -0.25) is 0 Å². The van der Waals surface area contributed by atoms with Crippen molar-refractivity contribution in [1.29, 1.82) is 0 Å². The van der Waals surface area contributed by atoms with Crippen LogP contribution in [0.1, 0.15) is 0 Å². The Morgan fingerprint density at radius 2 is 2.00 bits per heavy atom. The van der Waals surface area contributed by atoms with Gasteiger partial charge in [-0.15, -0.1) is 0 Å². The molecule has 0 saturated carbocycles. The highest BCUT2D eigenvalue weighted by Gasteiger charge is 2.06. The van der Waals surface area contributed by atoms with E-state index < -0.39 is 11.6 Å². The Morgan fingerprint density at radius 1 is 1.17 bits per heavy atom. The Morgan fingerprint density at radius 3 is 2.72 bits per heavy atom. The topological polar surface area (TPSA) is 63.8 Å². The van der Waals surface area contributed by atoms with Gasteiger partial charge in [0.1, 0.15) is 0 Å². The molecule has 6 heteroatoms. The third-order valence-electron chi connectivity index (χ3n) is 2.30. The highest BCUT2D eigenvalue weighted by molar-refractivity contribution is 5.59. The van der Waals surface area contributed by atoms with E-state index in [1.165, 1.54) is 6.07 Å². The van der Waals surface area contributed by atoms with E-state index in [1.54, 1.807) is 12.3 Å². The van der Waals surface area contributed by atoms with Gasteiger partial charge in [0.15, 0.2) is 11.6 Å². The van der Waals surface area contributed by atoms with Crippen molar-refractivity contribution in [2.24, 2.45) is 5.73 Å². The van der Waals surface area contributed by atoms with Crippen LogP contribution >= 0.6 is 0 Å². The van der Waals surface area contributed by atoms with Crippen molar-refractivity contribution in [3.05, 3.63) is 42.1 Å². The standard InChI is InChI=1S/C12H12F2N4/c13-9-2-1-8(7-10(9)14)11-3-5-16-12(18-11)17-6-4-15/h1-3,5,7H,4,6,15H2,(H,16,17,18). The number of rotatable bonds is 4. The first kappa shape index (κ1) is 12.4. The minimum absolute atomic E-state index is 0.405. The molecule has 2 aromatic rings. The van der Waals surface area contributed by atoms with E-state index in [-0.39, 0.29) is 0 Å². The fraction of sp³-hybridized carbons (Fsp3) is 0.167. The fourth-order valence-electron chi connectivity index (χ4n) is 1.44. The summed E-state index contributed by atoms with van der Waals surface area (Å²) in [5.41, 5.74) is 6.36. The molecule has 0 atom stereocenters. The quantitative estimate of drug-likeness (QED) is 0.868. The zero-order chi connectivity index (χ0) is 13.0. The zero-order valence-corrected chi connectivity index (χ0v) is 9.53. The second-order valence-electron chi connectivity index (χ2n) is 3.61. The van der Waals surface area contributed by atoms with Gasteiger partial charge in [-0.25, -0.2) is 18.7 Å². The summed E-state index contributed by atoms with van der Waals surface area (Å²) in [5.74, 6) is -1.38. The predicted octanol–water partition coefficient (Wildman–Crippen LogP) is 1.79. The number of aromatic nitrogens is 2. The van der Waals surface area contributed by atoms with Crippen LogP contribution in [0, 0.1) is 11.6 Å². The van der Waals surface area contributed by atoms with Crippen LogP contribution in [0.3, 0.4) is 0 Å². The van der Waals surface area contributed by atoms with Gasteiger partial charge in [-0.2, -0.15) is 0 Å². The molecule has 0 spiro atoms. The normalized spacial score (nSPS) is 10.4. The Bertz CT molecular complexity index is 545. The second-order valence-corrected chi connectivity index (χ2v) is 3.61. The molecule has 0 bridgehead atoms. The highest BCUT2D eigenvalue weighted by atomic mass is 19.2. The smallest absolute Gasteiger partial charge is 0.223 e. The molecule has 1 aromatic carbocycles. The van der Waals surface area contributed by atoms with Gasteiger partial charge in [-0.05, 0) is 24.3 Å². The number of nitrogens with zero attached hydrogens (tertiary/aromatic N) is 2. The van der Waals surface area contributed by atoms with E-state index in [2.05, 4.69) is 15.3 Å². The summed E-state index contributed by atoms with van der Waals surface area (Å²) in [4.78, 5) is 8.18. The van der Waals surface area contributed by atoms with Crippen molar-refractivity contribution >= 4 is 5.95 Å². The van der Waals surface area contributed by atoms with Crippen molar-refractivity contribution in [3.63, 3.8) is 0 Å². The van der Waals surface area contributed by atoms with Gasteiger partial charge >= 0.3 is 0 Å². The lowest BCUT2D eigenvalue weighted by Crippen LogP contribution is -2.14. The molecule has 3 N–H and O–H groups in total. The summed E-state index contributed by atoms with van der Waals surface area (Å²) in [6, 6.07) is 5.26. The summed E-state index contributed by atoms with van der Waals surface area (Å²) in [6.07, 6.45) is 1.54. The maximum Gasteiger partial charge on any atom is 0.223 e. The van der Waals surface area contributed by atoms with Crippen molar-refractivity contribution in [2.45, 2.75) is 0 Å². The molecule has 4 nitrogen and oxygen atoms in total. The van der Waals surface area contributed by atoms with Crippen molar-refractivity contribution < 1.29 is 8.78 Å². The van der Waals surface area contributed by atoms with E-state index in [1.807, 2.05) is 0 Å². The third kappa shape index (κ3) is 2.78. The Balaban J connectivity index is 2.29. The lowest BCUT2D eigenvalue weighted by atomic mass is 10.1. The lowest BCUT2D eigenvalue weighted by molar-refractivity contribution is 0.509. The summed E-state index contributed by atoms with van der Waals surface area (Å²) in [6.45, 7) is 1.000. The van der Waals surface area contributed by atoms with Crippen molar-refractivity contribution in [2.75, 3.05) is 18.4 Å². The van der Waals surface area contributed by atoms with Crippen LogP contribution in [-0.4, -0.2) is 23.1 Å². The Kier molecular flexibility index (Phi) is 3.78. The molecule has 1 aromatic heterocycles. The molecule has 1 heterocycles. The minimum atomic E-state index is -0.900. The van der Waals surface area contributed by atoms with E-state index >= 15 is 0 Å². The van der Waals surface area contributed by atoms with Crippen LogP contribution < -0.4 is 11.1 Å². The predicted molar refractivity (Wildman–Crippen MR) is 64.9 cm³/mol. The van der Waals surface area contributed by atoms with Crippen LogP contribution in [-0.2, 0) is 0 Å². The molecule has 18 heavy (non-hydrogen) atoms. The molecule has 0 aliphatic carbocycles. The van der Waals surface area contributed by atoms with Crippen molar-refractivity contribution in [3.8, 4) is 11.3 Å². The van der Waals surface area contributed by atoms with Gasteiger partial charge in [-0.1, -0.05) is 0 Å². The minimum Gasteiger partial charge on any atom is -0.353 e. The molecule has 0 saturated heterocycles. The van der Waals surface area contributed by atoms with Crippen LogP contribution in [0.15, 0.2) is 30.5 Å². The van der Waals surface area contributed by atoms with E-state index in [4.69, 9.17) is 5.73 Å². The average Bonchev–Trinajstić information content (AvgIpc) is 2.40. The SMILES string of the molecule is NCCNc1nccc(-c2ccc(F)c(F)c2)n1. The lowest BCUT2D eigenvalue weighted by Gasteiger charge is -2.05. The van der Waals surface area contributed by atoms with Gasteiger partial charge in [0.05, 0.1) is 5.69 Å². The number of anilines is 1. The van der Waals surface area contributed by atoms with E-state index in [9.17, 15) is 8.78 Å². The van der Waals surface area contributed by atoms with Crippen LogP contribution in [0.5, 0.6) is 0 Å². The van der Waals surface area contributed by atoms with Gasteiger partial charge in [0.25, 0.3) is 0 Å². The molecule has 0 unspecified atom stereocenters. The fourth-order valence-corrected chi connectivity index (χ4v) is 1.44. The van der Waals surface area contributed by atoms with Crippen LogP contribution in [0.25, 0.3) is 11.3 Å². The average molecular weight is 250 g/mol. The molecule has 0 fully saturated rings. The Labute approximate surface area is 103 Å². The zero-order valence-electron chi connectivity index (χ0n) is 9.53. The first-order valence-electron chi connectivity index (χ1n) is 5.43. The number of nitrogens with one attached hydrogen (secondary N) is 1. The van der Waals surface area contributed by atoms with E-state index in [0.717, 1.165) is 12.1 Å². The number of hydrogen-bond donors (Lipinski definition) is 2. The first-order valence-corrected chi connectivity index (χ1v) is 5.43. The molecule has 0 amide bonds. The van der Waals surface area contributed by atoms with E-state index in [0.29, 0.717) is 30.3 Å². The maximum absolute atomic E-state index is 13.1. The molecule has 0 aliphatic rings. The molecule has 2 rings (SSSR count). The molecule has 0 aliphatic heterocycles. The maximum atomic E-state index is 13.1. The number of nitrogens with two attached hydrogens (primary N) is 1. The molecule has 0 radical (unpaired) electrons. The Hall–Kier alpha value is -2.08. The number of hydrogen-bond acceptors (Lipinski definition) is 4. The molecule has 94 valence electrons. The summed E-state index contributed by atoms with van der Waals surface area (Å²) < 4.78 is 25.9. The largest absolute Gasteiger partial charge is 0.353 e. The molecular formula is C12H12F2N4. The van der Waals surface area contributed by atoms with Gasteiger partial charge in [0, 0.05) is 24.8 Å². The van der Waals surface area contributed by atoms with Crippen LogP contribution in [0.4, 0.5) is 14.7 Å². The van der Waals surface area contributed by atoms with Gasteiger partial charge in [0.2, 0.25) is 5.95 Å². The third-order valence-corrected chi connectivity index (χ3v) is 2.30. The highest BCUT2D eigenvalue weighted by Crippen LogP contribution is 2.19. The second kappa shape index (κ2) is 5.50.